The lowest BCUT2D eigenvalue weighted by molar-refractivity contribution is -0.136. The van der Waals surface area contributed by atoms with Crippen molar-refractivity contribution in [1.82, 2.24) is 40.0 Å². The molecule has 5 aromatic rings. The normalized spacial score (nSPS) is 21.8. The van der Waals surface area contributed by atoms with Gasteiger partial charge in [-0.2, -0.15) is 0 Å². The summed E-state index contributed by atoms with van der Waals surface area (Å²) < 4.78 is 17.5. The molecule has 4 fully saturated rings. The van der Waals surface area contributed by atoms with Crippen LogP contribution < -0.4 is 25.8 Å². The zero-order valence-corrected chi connectivity index (χ0v) is 35.4. The quantitative estimate of drug-likeness (QED) is 0.149. The minimum atomic E-state index is -1.09. The van der Waals surface area contributed by atoms with Crippen molar-refractivity contribution < 1.29 is 28.4 Å². The molecule has 0 bridgehead atoms. The van der Waals surface area contributed by atoms with E-state index in [1.54, 1.807) is 6.33 Å². The highest BCUT2D eigenvalue weighted by molar-refractivity contribution is 6.23. The standard InChI is InChI=1S/C47H50FN11O5/c48-37-25-35-36(47(64)59(46(35)63)38-10-11-40(60)54-45(38)62)26-39(37)57-20-18-55(19-21-57)15-12-29-13-16-56(17-14-29)33-8-6-31(7-9-33)53-43-42-44(50-27-49-43)58(28-51-42)34-23-32(24-34)52-41(61)22-30-4-2-1-3-5-30/h1-9,25-29,32,34,38H,10-24H2,(H,52,61)(H,49,50,53)(H,54,60,62). The molecule has 3 aromatic carbocycles. The fourth-order valence-corrected chi connectivity index (χ4v) is 9.87. The minimum Gasteiger partial charge on any atom is -0.372 e. The van der Waals surface area contributed by atoms with Crippen molar-refractivity contribution in [1.29, 1.82) is 0 Å². The first-order chi connectivity index (χ1) is 31.1. The maximum Gasteiger partial charge on any atom is 0.262 e. The van der Waals surface area contributed by atoms with E-state index in [-0.39, 0.29) is 47.6 Å². The molecule has 2 aromatic heterocycles. The first-order valence-electron chi connectivity index (χ1n) is 22.3. The molecule has 10 rings (SSSR count). The van der Waals surface area contributed by atoms with Crippen LogP contribution >= 0.6 is 0 Å². The highest BCUT2D eigenvalue weighted by Gasteiger charge is 2.45. The van der Waals surface area contributed by atoms with Gasteiger partial charge < -0.3 is 25.0 Å². The highest BCUT2D eigenvalue weighted by Crippen LogP contribution is 2.36. The number of benzene rings is 3. The van der Waals surface area contributed by atoms with Crippen LogP contribution in [-0.4, -0.2) is 117 Å². The van der Waals surface area contributed by atoms with Crippen LogP contribution in [0.1, 0.15) is 77.3 Å². The first kappa shape index (κ1) is 41.3. The van der Waals surface area contributed by atoms with Gasteiger partial charge in [0.2, 0.25) is 17.7 Å². The van der Waals surface area contributed by atoms with Crippen molar-refractivity contribution in [2.45, 2.75) is 69.5 Å². The van der Waals surface area contributed by atoms with Crippen molar-refractivity contribution in [2.75, 3.05) is 60.9 Å². The van der Waals surface area contributed by atoms with Crippen LogP contribution in [0.15, 0.2) is 79.4 Å². The molecule has 1 atom stereocenters. The van der Waals surface area contributed by atoms with E-state index in [4.69, 9.17) is 0 Å². The third-order valence-electron chi connectivity index (χ3n) is 13.6. The van der Waals surface area contributed by atoms with Gasteiger partial charge in [0, 0.05) is 69.1 Å². The molecule has 6 heterocycles. The highest BCUT2D eigenvalue weighted by atomic mass is 19.1. The second-order valence-corrected chi connectivity index (χ2v) is 17.6. The molecule has 3 saturated heterocycles. The summed E-state index contributed by atoms with van der Waals surface area (Å²) in [5.41, 5.74) is 4.89. The van der Waals surface area contributed by atoms with Crippen molar-refractivity contribution in [3.63, 3.8) is 0 Å². The predicted octanol–water partition coefficient (Wildman–Crippen LogP) is 4.60. The van der Waals surface area contributed by atoms with E-state index in [1.165, 1.54) is 11.8 Å². The molecule has 64 heavy (non-hydrogen) atoms. The smallest absolute Gasteiger partial charge is 0.262 e. The average molecular weight is 868 g/mol. The summed E-state index contributed by atoms with van der Waals surface area (Å²) >= 11 is 0. The summed E-state index contributed by atoms with van der Waals surface area (Å²) in [7, 11) is 0. The lowest BCUT2D eigenvalue weighted by Gasteiger charge is -2.38. The number of piperazine rings is 1. The maximum atomic E-state index is 15.5. The molecular weight excluding hydrogens is 818 g/mol. The first-order valence-corrected chi connectivity index (χ1v) is 22.3. The molecule has 330 valence electrons. The summed E-state index contributed by atoms with van der Waals surface area (Å²) in [5, 5.41) is 8.79. The number of hydrogen-bond acceptors (Lipinski definition) is 12. The Labute approximate surface area is 369 Å². The lowest BCUT2D eigenvalue weighted by atomic mass is 9.86. The fraction of sp³-hybridized carbons (Fsp3) is 0.404. The summed E-state index contributed by atoms with van der Waals surface area (Å²) in [6.07, 6.45) is 8.78. The van der Waals surface area contributed by atoms with Crippen LogP contribution in [0.4, 0.5) is 27.3 Å². The van der Waals surface area contributed by atoms with Gasteiger partial charge in [-0.15, -0.1) is 0 Å². The van der Waals surface area contributed by atoms with Crippen LogP contribution in [0.2, 0.25) is 0 Å². The van der Waals surface area contributed by atoms with E-state index >= 15 is 4.39 Å². The summed E-state index contributed by atoms with van der Waals surface area (Å²) in [4.78, 5) is 84.5. The molecule has 1 aliphatic carbocycles. The van der Waals surface area contributed by atoms with Crippen LogP contribution in [-0.2, 0) is 20.8 Å². The molecule has 16 nitrogen and oxygen atoms in total. The van der Waals surface area contributed by atoms with E-state index < -0.39 is 35.5 Å². The molecular formula is C47H50FN11O5. The largest absolute Gasteiger partial charge is 0.372 e. The Bertz CT molecular complexity index is 2600. The number of anilines is 4. The van der Waals surface area contributed by atoms with E-state index in [9.17, 15) is 24.0 Å². The van der Waals surface area contributed by atoms with Crippen LogP contribution in [0.3, 0.4) is 0 Å². The van der Waals surface area contributed by atoms with Gasteiger partial charge in [-0.1, -0.05) is 30.3 Å². The van der Waals surface area contributed by atoms with Gasteiger partial charge in [0.1, 0.15) is 18.2 Å². The van der Waals surface area contributed by atoms with Gasteiger partial charge >= 0.3 is 0 Å². The van der Waals surface area contributed by atoms with Gasteiger partial charge in [-0.3, -0.25) is 39.1 Å². The minimum absolute atomic E-state index is 0.0235. The second-order valence-electron chi connectivity index (χ2n) is 17.6. The van der Waals surface area contributed by atoms with Crippen LogP contribution in [0, 0.1) is 11.7 Å². The van der Waals surface area contributed by atoms with E-state index in [0.717, 1.165) is 92.7 Å². The number of piperidine rings is 2. The third-order valence-corrected chi connectivity index (χ3v) is 13.6. The number of nitrogens with one attached hydrogen (secondary N) is 3. The van der Waals surface area contributed by atoms with Crippen molar-refractivity contribution in [3.8, 4) is 0 Å². The van der Waals surface area contributed by atoms with Gasteiger partial charge in [0.25, 0.3) is 11.8 Å². The Morgan fingerprint density at radius 1 is 0.812 bits per heavy atom. The molecule has 3 N–H and O–H groups in total. The molecule has 5 aliphatic rings. The number of rotatable bonds is 12. The van der Waals surface area contributed by atoms with Crippen molar-refractivity contribution in [2.24, 2.45) is 5.92 Å². The van der Waals surface area contributed by atoms with Gasteiger partial charge in [-0.05, 0) is 92.9 Å². The molecule has 17 heteroatoms. The number of halogens is 1. The SMILES string of the molecule is O=C1CCC(N2C(=O)c3cc(F)c(N4CCN(CCC5CCN(c6ccc(Nc7ncnc8c7ncn8C7CC(NC(=O)Cc8ccccc8)C7)cc6)CC5)CC4)cc3C2=O)C(=O)N1. The molecule has 1 saturated carbocycles. The monoisotopic (exact) mass is 867 g/mol. The van der Waals surface area contributed by atoms with Gasteiger partial charge in [0.05, 0.1) is 29.6 Å². The van der Waals surface area contributed by atoms with E-state index in [1.807, 2.05) is 41.6 Å². The van der Waals surface area contributed by atoms with Gasteiger partial charge in [-0.25, -0.2) is 19.3 Å². The van der Waals surface area contributed by atoms with Crippen molar-refractivity contribution in [3.05, 3.63) is 102 Å². The third kappa shape index (κ3) is 8.27. The topological polar surface area (TPSA) is 178 Å². The Kier molecular flexibility index (Phi) is 11.2. The Morgan fingerprint density at radius 2 is 1.55 bits per heavy atom. The molecule has 4 aliphatic heterocycles. The molecule has 0 spiro atoms. The number of carbonyl (C=O) groups excluding carboxylic acids is 5. The summed E-state index contributed by atoms with van der Waals surface area (Å²) in [6.45, 7) is 5.60. The number of carbonyl (C=O) groups is 5. The number of hydrogen-bond donors (Lipinski definition) is 3. The Balaban J connectivity index is 0.665. The Hall–Kier alpha value is -6.75. The van der Waals surface area contributed by atoms with E-state index in [0.29, 0.717) is 36.8 Å². The molecule has 1 unspecified atom stereocenters. The molecule has 5 amide bonds. The fourth-order valence-electron chi connectivity index (χ4n) is 9.87. The number of nitrogens with zero attached hydrogens (tertiary/aromatic N) is 8. The second kappa shape index (κ2) is 17.4. The maximum absolute atomic E-state index is 15.5. The zero-order valence-electron chi connectivity index (χ0n) is 35.4. The summed E-state index contributed by atoms with van der Waals surface area (Å²) in [6, 6.07) is 20.0. The number of aromatic nitrogens is 4. The van der Waals surface area contributed by atoms with Crippen LogP contribution in [0.25, 0.3) is 11.2 Å². The lowest BCUT2D eigenvalue weighted by Crippen LogP contribution is -2.54. The van der Waals surface area contributed by atoms with Crippen molar-refractivity contribution >= 4 is 63.6 Å². The van der Waals surface area contributed by atoms with Gasteiger partial charge in [0.15, 0.2) is 17.0 Å². The average Bonchev–Trinajstić information content (AvgIpc) is 3.82. The predicted molar refractivity (Wildman–Crippen MR) is 237 cm³/mol. The number of imidazole rings is 1. The summed E-state index contributed by atoms with van der Waals surface area (Å²) in [5.74, 6) is -1.76. The number of imide groups is 2. The zero-order chi connectivity index (χ0) is 43.9. The van der Waals surface area contributed by atoms with E-state index in [2.05, 4.69) is 69.5 Å². The number of amides is 5. The molecule has 0 radical (unpaired) electrons. The Morgan fingerprint density at radius 3 is 2.28 bits per heavy atom. The number of fused-ring (bicyclic) bond motifs is 2. The van der Waals surface area contributed by atoms with Crippen LogP contribution in [0.5, 0.6) is 0 Å².